The minimum absolute atomic E-state index is 0.179. The first-order chi connectivity index (χ1) is 14.5. The Morgan fingerprint density at radius 3 is 2.33 bits per heavy atom. The summed E-state index contributed by atoms with van der Waals surface area (Å²) in [5.41, 5.74) is 2.52. The van der Waals surface area contributed by atoms with Crippen molar-refractivity contribution in [1.29, 1.82) is 0 Å². The van der Waals surface area contributed by atoms with Crippen molar-refractivity contribution in [3.8, 4) is 5.75 Å². The molecule has 2 aliphatic heterocycles. The van der Waals surface area contributed by atoms with Gasteiger partial charge in [0.15, 0.2) is 0 Å². The average molecular weight is 439 g/mol. The molecule has 1 aromatic heterocycles. The lowest BCUT2D eigenvalue weighted by molar-refractivity contribution is -0.122. The molecule has 6 nitrogen and oxygen atoms in total. The van der Waals surface area contributed by atoms with Crippen LogP contribution >= 0.6 is 23.1 Å². The second-order valence-electron chi connectivity index (χ2n) is 7.37. The monoisotopic (exact) mass is 438 g/mol. The van der Waals surface area contributed by atoms with Gasteiger partial charge in [0.05, 0.1) is 23.7 Å². The molecular weight excluding hydrogens is 420 g/mol. The third-order valence-corrected chi connectivity index (χ3v) is 7.99. The van der Waals surface area contributed by atoms with E-state index in [1.165, 1.54) is 16.7 Å². The van der Waals surface area contributed by atoms with Crippen molar-refractivity contribution in [1.82, 2.24) is 4.98 Å². The highest BCUT2D eigenvalue weighted by Gasteiger charge is 2.56. The summed E-state index contributed by atoms with van der Waals surface area (Å²) in [6.45, 7) is 1.96. The summed E-state index contributed by atoms with van der Waals surface area (Å²) >= 11 is 2.40. The molecule has 3 atom stereocenters. The number of thiazole rings is 1. The third-order valence-electron chi connectivity index (χ3n) is 5.59. The van der Waals surface area contributed by atoms with Gasteiger partial charge >= 0.3 is 4.87 Å². The molecule has 2 aromatic carbocycles. The fourth-order valence-electron chi connectivity index (χ4n) is 4.14. The average Bonchev–Trinajstić information content (AvgIpc) is 3.24. The fourth-order valence-corrected chi connectivity index (χ4v) is 6.65. The molecule has 1 fully saturated rings. The summed E-state index contributed by atoms with van der Waals surface area (Å²) in [4.78, 5) is 43.7. The predicted octanol–water partition coefficient (Wildman–Crippen LogP) is 3.55. The van der Waals surface area contributed by atoms with Crippen molar-refractivity contribution in [3.63, 3.8) is 0 Å². The number of aromatic nitrogens is 1. The van der Waals surface area contributed by atoms with Gasteiger partial charge in [0.1, 0.15) is 11.0 Å². The van der Waals surface area contributed by atoms with Crippen molar-refractivity contribution in [2.45, 2.75) is 23.1 Å². The van der Waals surface area contributed by atoms with Crippen LogP contribution in [0.4, 0.5) is 5.69 Å². The third kappa shape index (κ3) is 2.90. The molecule has 8 heteroatoms. The molecule has 152 valence electrons. The van der Waals surface area contributed by atoms with Crippen LogP contribution in [0.5, 0.6) is 5.75 Å². The highest BCUT2D eigenvalue weighted by atomic mass is 32.2. The molecule has 5 rings (SSSR count). The zero-order valence-electron chi connectivity index (χ0n) is 16.2. The van der Waals surface area contributed by atoms with Crippen molar-refractivity contribution in [3.05, 3.63) is 74.2 Å². The van der Waals surface area contributed by atoms with Gasteiger partial charge in [-0.3, -0.25) is 14.4 Å². The second-order valence-corrected chi connectivity index (χ2v) is 9.54. The molecule has 3 heterocycles. The number of amides is 2. The Morgan fingerprint density at radius 1 is 0.967 bits per heavy atom. The first-order valence-electron chi connectivity index (χ1n) is 9.46. The normalized spacial score (nSPS) is 22.7. The number of fused-ring (bicyclic) bond motifs is 2. The maximum Gasteiger partial charge on any atom is 0.305 e. The zero-order valence-corrected chi connectivity index (χ0v) is 17.9. The van der Waals surface area contributed by atoms with Gasteiger partial charge in [0.2, 0.25) is 11.8 Å². The van der Waals surface area contributed by atoms with Gasteiger partial charge in [-0.05, 0) is 36.8 Å². The number of aromatic amines is 1. The van der Waals surface area contributed by atoms with E-state index in [-0.39, 0.29) is 22.6 Å². The minimum atomic E-state index is -0.580. The van der Waals surface area contributed by atoms with Crippen molar-refractivity contribution in [2.75, 3.05) is 12.0 Å². The minimum Gasteiger partial charge on any atom is -0.497 e. The quantitative estimate of drug-likeness (QED) is 0.633. The Morgan fingerprint density at radius 2 is 1.67 bits per heavy atom. The number of anilines is 1. The maximum absolute atomic E-state index is 13.5. The van der Waals surface area contributed by atoms with Gasteiger partial charge in [-0.2, -0.15) is 0 Å². The molecular formula is C22H18N2O4S2. The molecule has 2 amide bonds. The summed E-state index contributed by atoms with van der Waals surface area (Å²) in [5, 5.41) is 0.0997. The number of carbonyl (C=O) groups is 2. The van der Waals surface area contributed by atoms with Gasteiger partial charge in [-0.1, -0.05) is 52.9 Å². The number of imide groups is 1. The van der Waals surface area contributed by atoms with Gasteiger partial charge in [0.25, 0.3) is 0 Å². The molecule has 1 N–H and O–H groups in total. The molecule has 3 aromatic rings. The first kappa shape index (κ1) is 19.1. The molecule has 0 spiro atoms. The number of nitrogens with one attached hydrogen (secondary N) is 1. The summed E-state index contributed by atoms with van der Waals surface area (Å²) in [5.74, 6) is -0.703. The Hall–Kier alpha value is -2.84. The van der Waals surface area contributed by atoms with Crippen LogP contribution in [-0.2, 0) is 9.59 Å². The van der Waals surface area contributed by atoms with E-state index < -0.39 is 11.2 Å². The Kier molecular flexibility index (Phi) is 4.56. The van der Waals surface area contributed by atoms with Crippen LogP contribution in [0.2, 0.25) is 0 Å². The van der Waals surface area contributed by atoms with E-state index in [2.05, 4.69) is 4.98 Å². The number of benzene rings is 2. The predicted molar refractivity (Wildman–Crippen MR) is 117 cm³/mol. The Balaban J connectivity index is 1.63. The number of ether oxygens (including phenoxy) is 1. The molecule has 0 unspecified atom stereocenters. The van der Waals surface area contributed by atoms with E-state index >= 15 is 0 Å². The van der Waals surface area contributed by atoms with E-state index in [1.54, 1.807) is 19.2 Å². The number of rotatable bonds is 3. The van der Waals surface area contributed by atoms with Gasteiger partial charge in [-0.15, -0.1) is 0 Å². The van der Waals surface area contributed by atoms with E-state index in [0.29, 0.717) is 16.5 Å². The van der Waals surface area contributed by atoms with Crippen LogP contribution in [0.15, 0.2) is 58.4 Å². The van der Waals surface area contributed by atoms with Crippen molar-refractivity contribution < 1.29 is 14.3 Å². The van der Waals surface area contributed by atoms with Gasteiger partial charge < -0.3 is 9.72 Å². The Labute approximate surface area is 180 Å². The van der Waals surface area contributed by atoms with E-state index in [0.717, 1.165) is 27.3 Å². The lowest BCUT2D eigenvalue weighted by atomic mass is 9.83. The number of carbonyl (C=O) groups excluding carboxylic acids is 2. The summed E-state index contributed by atoms with van der Waals surface area (Å²) in [7, 11) is 1.59. The molecule has 0 bridgehead atoms. The highest BCUT2D eigenvalue weighted by molar-refractivity contribution is 8.00. The lowest BCUT2D eigenvalue weighted by Gasteiger charge is -2.29. The van der Waals surface area contributed by atoms with Crippen LogP contribution in [-0.4, -0.2) is 29.2 Å². The van der Waals surface area contributed by atoms with Crippen LogP contribution in [0.25, 0.3) is 0 Å². The SMILES string of the molecule is COc1ccc([C@H]2c3sc(=O)[nH]c3S[C@@H]3C(=O)N(c4ccc(C)cc4)C(=O)[C@@H]23)cc1. The molecule has 0 aliphatic carbocycles. The molecule has 1 saturated heterocycles. The summed E-state index contributed by atoms with van der Waals surface area (Å²) < 4.78 is 5.25. The lowest BCUT2D eigenvalue weighted by Crippen LogP contribution is -2.32. The first-order valence-corrected chi connectivity index (χ1v) is 11.2. The topological polar surface area (TPSA) is 79.5 Å². The Bertz CT molecular complexity index is 1200. The van der Waals surface area contributed by atoms with E-state index in [4.69, 9.17) is 4.74 Å². The van der Waals surface area contributed by atoms with Crippen LogP contribution in [0.3, 0.4) is 0 Å². The van der Waals surface area contributed by atoms with E-state index in [9.17, 15) is 14.4 Å². The number of hydrogen-bond donors (Lipinski definition) is 1. The number of thioether (sulfide) groups is 1. The van der Waals surface area contributed by atoms with Gasteiger partial charge in [0, 0.05) is 10.8 Å². The summed E-state index contributed by atoms with van der Waals surface area (Å²) in [6.07, 6.45) is 0. The number of aryl methyl sites for hydroxylation is 1. The number of nitrogens with zero attached hydrogens (tertiary/aromatic N) is 1. The number of H-pyrrole nitrogens is 1. The number of hydrogen-bond acceptors (Lipinski definition) is 6. The molecule has 2 aliphatic rings. The molecule has 30 heavy (non-hydrogen) atoms. The highest BCUT2D eigenvalue weighted by Crippen LogP contribution is 2.53. The molecule has 0 radical (unpaired) electrons. The number of methoxy groups -OCH3 is 1. The maximum atomic E-state index is 13.5. The largest absolute Gasteiger partial charge is 0.497 e. The second kappa shape index (κ2) is 7.14. The standard InChI is InChI=1S/C22H18N2O4S2/c1-11-3-7-13(8-4-11)24-20(25)16-15(12-5-9-14(28-2)10-6-12)17-19(23-22(27)30-17)29-18(16)21(24)26/h3-10,15-16,18H,1-2H3,(H,23,27)/t15-,16+,18+/m1/s1. The van der Waals surface area contributed by atoms with Crippen LogP contribution in [0, 0.1) is 12.8 Å². The van der Waals surface area contributed by atoms with Crippen LogP contribution in [0.1, 0.15) is 21.9 Å². The molecule has 0 saturated carbocycles. The van der Waals surface area contributed by atoms with Gasteiger partial charge in [-0.25, -0.2) is 4.90 Å². The van der Waals surface area contributed by atoms with Crippen LogP contribution < -0.4 is 14.5 Å². The van der Waals surface area contributed by atoms with Crippen molar-refractivity contribution >= 4 is 40.6 Å². The summed E-state index contributed by atoms with van der Waals surface area (Å²) in [6, 6.07) is 14.8. The van der Waals surface area contributed by atoms with Crippen molar-refractivity contribution in [2.24, 2.45) is 5.92 Å². The van der Waals surface area contributed by atoms with E-state index in [1.807, 2.05) is 43.3 Å². The fraction of sp³-hybridized carbons (Fsp3) is 0.227. The zero-order chi connectivity index (χ0) is 21.0. The smallest absolute Gasteiger partial charge is 0.305 e.